The molecule has 14 heavy (non-hydrogen) atoms. The number of aromatic carboxylic acids is 1. The maximum Gasteiger partial charge on any atom is 1.00 e. The van der Waals surface area contributed by atoms with Gasteiger partial charge in [-0.3, -0.25) is 0 Å². The summed E-state index contributed by atoms with van der Waals surface area (Å²) in [5.74, 6) is -1.13. The number of benzene rings is 2. The largest absolute Gasteiger partial charge is 1.00 e. The van der Waals surface area contributed by atoms with Gasteiger partial charge in [0.2, 0.25) is 0 Å². The fourth-order valence-electron chi connectivity index (χ4n) is 1.32. The van der Waals surface area contributed by atoms with Crippen molar-refractivity contribution in [3.05, 3.63) is 48.0 Å². The quantitative estimate of drug-likeness (QED) is 0.503. The van der Waals surface area contributed by atoms with E-state index in [0.717, 1.165) is 10.8 Å². The fraction of sp³-hybridized carbons (Fsp3) is 0. The molecule has 0 amide bonds. The van der Waals surface area contributed by atoms with Crippen LogP contribution < -0.4 is 34.7 Å². The summed E-state index contributed by atoms with van der Waals surface area (Å²) >= 11 is 0. The Morgan fingerprint density at radius 3 is 2.29 bits per heavy atom. The molecule has 0 bridgehead atoms. The Bertz CT molecular complexity index is 466. The van der Waals surface area contributed by atoms with Gasteiger partial charge in [-0.2, -0.15) is 0 Å². The number of hydrogen-bond acceptors (Lipinski definition) is 2. The summed E-state index contributed by atoms with van der Waals surface area (Å²) in [5.41, 5.74) is 0.221. The Morgan fingerprint density at radius 1 is 1.00 bits per heavy atom. The van der Waals surface area contributed by atoms with Crippen LogP contribution in [0.25, 0.3) is 10.8 Å². The molecule has 0 N–H and O–H groups in total. The van der Waals surface area contributed by atoms with Gasteiger partial charge in [-0.25, -0.2) is 0 Å². The summed E-state index contributed by atoms with van der Waals surface area (Å²) in [6.45, 7) is 0. The molecule has 2 rings (SSSR count). The Balaban J connectivity index is 0.000000980. The van der Waals surface area contributed by atoms with Crippen molar-refractivity contribution < 1.29 is 39.5 Å². The topological polar surface area (TPSA) is 40.1 Å². The Morgan fingerprint density at radius 2 is 1.64 bits per heavy atom. The van der Waals surface area contributed by atoms with E-state index in [2.05, 4.69) is 0 Å². The van der Waals surface area contributed by atoms with Gasteiger partial charge in [0, 0.05) is 0 Å². The number of carboxylic acid groups (broad SMARTS) is 1. The fourth-order valence-corrected chi connectivity index (χ4v) is 1.32. The van der Waals surface area contributed by atoms with Crippen LogP contribution >= 0.6 is 0 Å². The Hall–Kier alpha value is -0.830. The first-order valence-corrected chi connectivity index (χ1v) is 3.97. The second kappa shape index (κ2) is 4.60. The van der Waals surface area contributed by atoms with E-state index < -0.39 is 5.97 Å². The molecule has 0 aliphatic heterocycles. The van der Waals surface area contributed by atoms with E-state index in [1.165, 1.54) is 0 Å². The monoisotopic (exact) mass is 194 g/mol. The molecule has 0 fully saturated rings. The smallest absolute Gasteiger partial charge is 0.545 e. The first-order chi connectivity index (χ1) is 6.27. The molecule has 2 nitrogen and oxygen atoms in total. The zero-order valence-corrected chi connectivity index (χ0v) is 9.86. The van der Waals surface area contributed by atoms with Crippen molar-refractivity contribution in [2.75, 3.05) is 0 Å². The molecular weight excluding hydrogens is 187 g/mol. The summed E-state index contributed by atoms with van der Waals surface area (Å²) in [5, 5.41) is 12.5. The molecule has 0 aliphatic carbocycles. The van der Waals surface area contributed by atoms with Crippen LogP contribution in [0.4, 0.5) is 0 Å². The second-order valence-corrected chi connectivity index (χ2v) is 2.85. The van der Waals surface area contributed by atoms with E-state index >= 15 is 0 Å². The number of hydrogen-bond donors (Lipinski definition) is 0. The van der Waals surface area contributed by atoms with Crippen LogP contribution in [0, 0.1) is 0 Å². The van der Waals surface area contributed by atoms with Crippen molar-refractivity contribution in [1.29, 1.82) is 0 Å². The normalized spacial score (nSPS) is 9.43. The van der Waals surface area contributed by atoms with Crippen LogP contribution in [-0.2, 0) is 0 Å². The standard InChI is InChI=1S/C11H8O2.Na/c12-11(13)10-6-5-8-3-1-2-4-9(8)7-10;/h1-7H,(H,12,13);/q;+1/p-1. The molecule has 0 heterocycles. The average Bonchev–Trinajstić information content (AvgIpc) is 2.17. The minimum Gasteiger partial charge on any atom is -0.545 e. The average molecular weight is 194 g/mol. The minimum absolute atomic E-state index is 0. The first kappa shape index (κ1) is 11.2. The van der Waals surface area contributed by atoms with Gasteiger partial charge in [-0.15, -0.1) is 0 Å². The summed E-state index contributed by atoms with van der Waals surface area (Å²) in [4.78, 5) is 10.5. The van der Waals surface area contributed by atoms with Crippen LogP contribution in [0.2, 0.25) is 0 Å². The molecule has 0 aliphatic rings. The Kier molecular flexibility index (Phi) is 3.69. The molecule has 2 aromatic rings. The predicted molar refractivity (Wildman–Crippen MR) is 48.3 cm³/mol. The SMILES string of the molecule is O=C([O-])c1ccc2ccccc2c1.[Na+]. The van der Waals surface area contributed by atoms with Crippen LogP contribution in [0.15, 0.2) is 42.5 Å². The van der Waals surface area contributed by atoms with E-state index in [9.17, 15) is 9.90 Å². The van der Waals surface area contributed by atoms with Crippen molar-refractivity contribution >= 4 is 16.7 Å². The van der Waals surface area contributed by atoms with Gasteiger partial charge in [0.15, 0.2) is 0 Å². The number of carboxylic acids is 1. The summed E-state index contributed by atoms with van der Waals surface area (Å²) in [6.07, 6.45) is 0. The third-order valence-corrected chi connectivity index (χ3v) is 1.99. The Labute approximate surface area is 104 Å². The third kappa shape index (κ3) is 2.15. The van der Waals surface area contributed by atoms with Crippen LogP contribution in [0.1, 0.15) is 10.4 Å². The molecule has 3 heteroatoms. The van der Waals surface area contributed by atoms with Gasteiger partial charge in [-0.1, -0.05) is 36.4 Å². The zero-order valence-electron chi connectivity index (χ0n) is 7.86. The van der Waals surface area contributed by atoms with Gasteiger partial charge < -0.3 is 9.90 Å². The predicted octanol–water partition coefficient (Wildman–Crippen LogP) is -1.79. The van der Waals surface area contributed by atoms with Gasteiger partial charge in [0.25, 0.3) is 0 Å². The van der Waals surface area contributed by atoms with Gasteiger partial charge in [0.1, 0.15) is 0 Å². The van der Waals surface area contributed by atoms with E-state index in [-0.39, 0.29) is 35.1 Å². The zero-order chi connectivity index (χ0) is 9.26. The van der Waals surface area contributed by atoms with Crippen LogP contribution in [-0.4, -0.2) is 5.97 Å². The molecular formula is C11H7NaO2. The molecule has 64 valence electrons. The second-order valence-electron chi connectivity index (χ2n) is 2.85. The maximum absolute atomic E-state index is 10.5. The molecule has 0 spiro atoms. The molecule has 0 radical (unpaired) electrons. The van der Waals surface area contributed by atoms with Crippen LogP contribution in [0.3, 0.4) is 0 Å². The third-order valence-electron chi connectivity index (χ3n) is 1.99. The molecule has 0 saturated carbocycles. The van der Waals surface area contributed by atoms with Gasteiger partial charge in [-0.05, 0) is 22.4 Å². The van der Waals surface area contributed by atoms with Crippen molar-refractivity contribution in [3.8, 4) is 0 Å². The minimum atomic E-state index is -1.13. The summed E-state index contributed by atoms with van der Waals surface area (Å²) < 4.78 is 0. The van der Waals surface area contributed by atoms with E-state index in [4.69, 9.17) is 0 Å². The molecule has 0 atom stereocenters. The van der Waals surface area contributed by atoms with Crippen molar-refractivity contribution in [2.24, 2.45) is 0 Å². The van der Waals surface area contributed by atoms with Crippen molar-refractivity contribution in [3.63, 3.8) is 0 Å². The number of carbonyl (C=O) groups is 1. The number of carbonyl (C=O) groups excluding carboxylic acids is 1. The van der Waals surface area contributed by atoms with E-state index in [1.54, 1.807) is 18.2 Å². The maximum atomic E-state index is 10.5. The van der Waals surface area contributed by atoms with E-state index in [0.29, 0.717) is 0 Å². The summed E-state index contributed by atoms with van der Waals surface area (Å²) in [6, 6.07) is 12.6. The van der Waals surface area contributed by atoms with Crippen molar-refractivity contribution in [1.82, 2.24) is 0 Å². The first-order valence-electron chi connectivity index (χ1n) is 3.97. The molecule has 0 aromatic heterocycles. The number of fused-ring (bicyclic) bond motifs is 1. The van der Waals surface area contributed by atoms with Gasteiger partial charge >= 0.3 is 29.6 Å². The van der Waals surface area contributed by atoms with Gasteiger partial charge in [0.05, 0.1) is 5.97 Å². The van der Waals surface area contributed by atoms with Crippen molar-refractivity contribution in [2.45, 2.75) is 0 Å². The molecule has 2 aromatic carbocycles. The van der Waals surface area contributed by atoms with E-state index in [1.807, 2.05) is 24.3 Å². The number of rotatable bonds is 1. The molecule has 0 saturated heterocycles. The summed E-state index contributed by atoms with van der Waals surface area (Å²) in [7, 11) is 0. The molecule has 0 unspecified atom stereocenters. The van der Waals surface area contributed by atoms with Crippen LogP contribution in [0.5, 0.6) is 0 Å².